The van der Waals surface area contributed by atoms with Crippen molar-refractivity contribution < 1.29 is 23.8 Å². The molecule has 3 N–H and O–H groups in total. The van der Waals surface area contributed by atoms with Crippen LogP contribution in [0, 0.1) is 12.7 Å². The molecule has 35 heavy (non-hydrogen) atoms. The molecule has 2 atom stereocenters. The largest absolute Gasteiger partial charge is 0.497 e. The molecule has 2 amide bonds. The van der Waals surface area contributed by atoms with Gasteiger partial charge in [-0.05, 0) is 55.7 Å². The van der Waals surface area contributed by atoms with E-state index in [1.54, 1.807) is 36.4 Å². The Bertz CT molecular complexity index is 1250. The zero-order valence-corrected chi connectivity index (χ0v) is 19.7. The van der Waals surface area contributed by atoms with Crippen molar-refractivity contribution in [3.05, 3.63) is 77.4 Å². The average molecular weight is 478 g/mol. The summed E-state index contributed by atoms with van der Waals surface area (Å²) < 4.78 is 19.5. The number of halogens is 1. The third-order valence-electron chi connectivity index (χ3n) is 6.28. The summed E-state index contributed by atoms with van der Waals surface area (Å²) in [5.41, 5.74) is 2.64. The van der Waals surface area contributed by atoms with Gasteiger partial charge in [0.15, 0.2) is 0 Å². The van der Waals surface area contributed by atoms with Crippen LogP contribution in [-0.4, -0.2) is 41.2 Å². The van der Waals surface area contributed by atoms with E-state index in [1.165, 1.54) is 25.6 Å². The van der Waals surface area contributed by atoms with Gasteiger partial charge in [0.1, 0.15) is 11.6 Å². The lowest BCUT2D eigenvalue weighted by molar-refractivity contribution is 0.0717. The van der Waals surface area contributed by atoms with E-state index < -0.39 is 17.8 Å². The van der Waals surface area contributed by atoms with Crippen molar-refractivity contribution in [1.29, 1.82) is 0 Å². The number of hydrogen-bond acceptors (Lipinski definition) is 5. The van der Waals surface area contributed by atoms with Gasteiger partial charge < -0.3 is 20.5 Å². The highest BCUT2D eigenvalue weighted by Gasteiger charge is 2.25. The maximum absolute atomic E-state index is 14.5. The molecule has 1 heterocycles. The van der Waals surface area contributed by atoms with E-state index in [-0.39, 0.29) is 17.5 Å². The molecule has 182 valence electrons. The fourth-order valence-corrected chi connectivity index (χ4v) is 4.19. The fourth-order valence-electron chi connectivity index (χ4n) is 4.19. The zero-order chi connectivity index (χ0) is 24.9. The molecule has 0 bridgehead atoms. The lowest BCUT2D eigenvalue weighted by Gasteiger charge is -2.28. The number of nitrogens with one attached hydrogen (secondary N) is 2. The van der Waals surface area contributed by atoms with Gasteiger partial charge in [-0.25, -0.2) is 4.39 Å². The molecule has 0 spiro atoms. The van der Waals surface area contributed by atoms with Crippen LogP contribution in [0.15, 0.2) is 54.9 Å². The number of amides is 2. The maximum Gasteiger partial charge on any atom is 0.257 e. The Morgan fingerprint density at radius 2 is 1.83 bits per heavy atom. The van der Waals surface area contributed by atoms with Gasteiger partial charge in [0, 0.05) is 40.8 Å². The summed E-state index contributed by atoms with van der Waals surface area (Å²) in [5, 5.41) is 15.9. The number of methoxy groups -OCH3 is 1. The van der Waals surface area contributed by atoms with Crippen molar-refractivity contribution in [3.63, 3.8) is 0 Å². The number of aromatic nitrogens is 1. The van der Waals surface area contributed by atoms with Gasteiger partial charge in [-0.1, -0.05) is 18.9 Å². The highest BCUT2D eigenvalue weighted by Crippen LogP contribution is 2.27. The molecule has 0 radical (unpaired) electrons. The first-order valence-corrected chi connectivity index (χ1v) is 11.6. The second kappa shape index (κ2) is 10.7. The lowest BCUT2D eigenvalue weighted by Crippen LogP contribution is -2.45. The van der Waals surface area contributed by atoms with E-state index in [1.807, 2.05) is 6.92 Å². The Hall–Kier alpha value is -3.78. The van der Waals surface area contributed by atoms with Crippen LogP contribution in [0.2, 0.25) is 0 Å². The summed E-state index contributed by atoms with van der Waals surface area (Å²) in [6.07, 6.45) is 5.66. The van der Waals surface area contributed by atoms with Crippen molar-refractivity contribution in [2.24, 2.45) is 0 Å². The fraction of sp³-hybridized carbons (Fsp3) is 0.296. The molecule has 1 saturated carbocycles. The number of anilines is 1. The first-order chi connectivity index (χ1) is 16.9. The zero-order valence-electron chi connectivity index (χ0n) is 19.7. The van der Waals surface area contributed by atoms with Crippen LogP contribution in [0.1, 0.15) is 52.0 Å². The molecule has 4 rings (SSSR count). The van der Waals surface area contributed by atoms with Crippen molar-refractivity contribution in [2.75, 3.05) is 12.4 Å². The molecule has 7 nitrogen and oxygen atoms in total. The van der Waals surface area contributed by atoms with Crippen molar-refractivity contribution in [2.45, 2.75) is 44.8 Å². The number of benzene rings is 2. The number of pyridine rings is 1. The van der Waals surface area contributed by atoms with Crippen LogP contribution in [0.4, 0.5) is 10.1 Å². The third-order valence-corrected chi connectivity index (χ3v) is 6.28. The number of aliphatic hydroxyl groups is 1. The van der Waals surface area contributed by atoms with Gasteiger partial charge in [0.25, 0.3) is 11.8 Å². The van der Waals surface area contributed by atoms with Gasteiger partial charge in [-0.2, -0.15) is 0 Å². The quantitative estimate of drug-likeness (QED) is 0.486. The van der Waals surface area contributed by atoms with Crippen LogP contribution in [0.25, 0.3) is 11.1 Å². The number of aryl methyl sites for hydroxylation is 1. The van der Waals surface area contributed by atoms with E-state index in [0.29, 0.717) is 34.5 Å². The Labute approximate surface area is 203 Å². The lowest BCUT2D eigenvalue weighted by atomic mass is 9.92. The second-order valence-corrected chi connectivity index (χ2v) is 8.72. The van der Waals surface area contributed by atoms with Gasteiger partial charge in [-0.3, -0.25) is 14.6 Å². The Kier molecular flexibility index (Phi) is 7.41. The highest BCUT2D eigenvalue weighted by molar-refractivity contribution is 6.06. The summed E-state index contributed by atoms with van der Waals surface area (Å²) in [6, 6.07) is 10.8. The standard InChI is InChI=1S/C27H28FN3O4/c1-16-7-8-17(26(33)30-23-5-3-4-6-25(23)32)12-24(16)31-27(34)19-11-18(14-29-15-19)21-10-9-20(35-2)13-22(21)28/h7-15,23,25,32H,3-6H2,1-2H3,(H,30,33)(H,31,34)/t23-,25-/m0/s1. The van der Waals surface area contributed by atoms with E-state index in [0.717, 1.165) is 24.8 Å². The molecule has 1 fully saturated rings. The Morgan fingerprint density at radius 1 is 1.03 bits per heavy atom. The molecule has 8 heteroatoms. The maximum atomic E-state index is 14.5. The minimum Gasteiger partial charge on any atom is -0.497 e. The van der Waals surface area contributed by atoms with Crippen molar-refractivity contribution >= 4 is 17.5 Å². The van der Waals surface area contributed by atoms with Crippen LogP contribution in [0.5, 0.6) is 5.75 Å². The normalized spacial score (nSPS) is 17.5. The SMILES string of the molecule is COc1ccc(-c2cncc(C(=O)Nc3cc(C(=O)N[C@H]4CCCC[C@@H]4O)ccc3C)c2)c(F)c1. The van der Waals surface area contributed by atoms with Gasteiger partial charge in [0.05, 0.1) is 24.8 Å². The molecule has 3 aromatic rings. The van der Waals surface area contributed by atoms with E-state index in [4.69, 9.17) is 4.74 Å². The Morgan fingerprint density at radius 3 is 2.57 bits per heavy atom. The van der Waals surface area contributed by atoms with Crippen molar-refractivity contribution in [3.8, 4) is 16.9 Å². The summed E-state index contributed by atoms with van der Waals surface area (Å²) in [6.45, 7) is 1.82. The molecular weight excluding hydrogens is 449 g/mol. The molecule has 1 aromatic heterocycles. The van der Waals surface area contributed by atoms with E-state index >= 15 is 0 Å². The van der Waals surface area contributed by atoms with Crippen LogP contribution < -0.4 is 15.4 Å². The highest BCUT2D eigenvalue weighted by atomic mass is 19.1. The van der Waals surface area contributed by atoms with Gasteiger partial charge in [-0.15, -0.1) is 0 Å². The number of ether oxygens (including phenoxy) is 1. The van der Waals surface area contributed by atoms with E-state index in [9.17, 15) is 19.1 Å². The first-order valence-electron chi connectivity index (χ1n) is 11.6. The Balaban J connectivity index is 1.51. The first kappa shape index (κ1) is 24.3. The monoisotopic (exact) mass is 477 g/mol. The molecule has 0 saturated heterocycles. The average Bonchev–Trinajstić information content (AvgIpc) is 2.86. The summed E-state index contributed by atoms with van der Waals surface area (Å²) in [5.74, 6) is -0.825. The topological polar surface area (TPSA) is 101 Å². The molecule has 0 unspecified atom stereocenters. The van der Waals surface area contributed by atoms with E-state index in [2.05, 4.69) is 15.6 Å². The predicted molar refractivity (Wildman–Crippen MR) is 131 cm³/mol. The number of carbonyl (C=O) groups is 2. The summed E-state index contributed by atoms with van der Waals surface area (Å²) in [4.78, 5) is 29.8. The van der Waals surface area contributed by atoms with Gasteiger partial charge in [0.2, 0.25) is 0 Å². The smallest absolute Gasteiger partial charge is 0.257 e. The number of hydrogen-bond donors (Lipinski definition) is 3. The number of rotatable bonds is 6. The second-order valence-electron chi connectivity index (χ2n) is 8.72. The predicted octanol–water partition coefficient (Wildman–Crippen LogP) is 4.49. The summed E-state index contributed by atoms with van der Waals surface area (Å²) in [7, 11) is 1.46. The molecule has 1 aliphatic carbocycles. The van der Waals surface area contributed by atoms with Crippen LogP contribution in [0.3, 0.4) is 0 Å². The minimum atomic E-state index is -0.548. The van der Waals surface area contributed by atoms with Crippen LogP contribution >= 0.6 is 0 Å². The number of carbonyl (C=O) groups excluding carboxylic acids is 2. The molecule has 1 aliphatic rings. The number of aliphatic hydroxyl groups excluding tert-OH is 1. The minimum absolute atomic E-state index is 0.248. The molecule has 0 aliphatic heterocycles. The van der Waals surface area contributed by atoms with Crippen molar-refractivity contribution in [1.82, 2.24) is 10.3 Å². The molecule has 2 aromatic carbocycles. The van der Waals surface area contributed by atoms with Gasteiger partial charge >= 0.3 is 0 Å². The van der Waals surface area contributed by atoms with Crippen LogP contribution in [-0.2, 0) is 0 Å². The summed E-state index contributed by atoms with van der Waals surface area (Å²) >= 11 is 0. The number of nitrogens with zero attached hydrogens (tertiary/aromatic N) is 1. The third kappa shape index (κ3) is 5.66. The molecular formula is C27H28FN3O4.